The number of amides is 2. The monoisotopic (exact) mass is 629 g/mol. The van der Waals surface area contributed by atoms with Crippen molar-refractivity contribution in [1.29, 1.82) is 0 Å². The third kappa shape index (κ3) is 12.4. The Bertz CT molecular complexity index is 1530. The van der Waals surface area contributed by atoms with E-state index in [1.807, 2.05) is 56.3 Å². The molecule has 0 radical (unpaired) electrons. The number of nitrogens with one attached hydrogen (secondary N) is 3. The molecule has 2 aromatic heterocycles. The van der Waals surface area contributed by atoms with E-state index in [0.29, 0.717) is 35.6 Å². The van der Waals surface area contributed by atoms with E-state index in [1.54, 1.807) is 24.3 Å². The normalized spacial score (nSPS) is 10.8. The smallest absolute Gasteiger partial charge is 0.257 e. The van der Waals surface area contributed by atoms with Gasteiger partial charge in [0.05, 0.1) is 18.7 Å². The molecular weight excluding hydrogens is 590 g/mol. The molecule has 2 amide bonds. The molecule has 236 valence electrons. The van der Waals surface area contributed by atoms with Crippen molar-refractivity contribution in [3.8, 4) is 5.75 Å². The van der Waals surface area contributed by atoms with Gasteiger partial charge < -0.3 is 20.7 Å². The summed E-state index contributed by atoms with van der Waals surface area (Å²) in [6.07, 6.45) is 3.87. The number of hydrogen-bond donors (Lipinski definition) is 3. The molecule has 2 aromatic carbocycles. The third-order valence-electron chi connectivity index (χ3n) is 6.55. The van der Waals surface area contributed by atoms with Gasteiger partial charge in [0, 0.05) is 19.4 Å². The van der Waals surface area contributed by atoms with Crippen LogP contribution in [0.2, 0.25) is 0 Å². The van der Waals surface area contributed by atoms with Gasteiger partial charge in [-0.3, -0.25) is 14.4 Å². The number of unbranched alkanes of at least 4 members (excludes halogenated alkanes) is 1. The highest BCUT2D eigenvalue weighted by molar-refractivity contribution is 7.15. The van der Waals surface area contributed by atoms with Gasteiger partial charge in [-0.1, -0.05) is 67.6 Å². The Balaban J connectivity index is 1.11. The van der Waals surface area contributed by atoms with Crippen LogP contribution in [0.25, 0.3) is 0 Å². The first-order valence-electron chi connectivity index (χ1n) is 15.0. The fourth-order valence-corrected chi connectivity index (χ4v) is 5.04. The molecular formula is C33H39N7O4S. The highest BCUT2D eigenvalue weighted by Crippen LogP contribution is 2.18. The number of aryl methyl sites for hydroxylation is 2. The molecule has 12 heteroatoms. The van der Waals surface area contributed by atoms with Crippen molar-refractivity contribution in [2.24, 2.45) is 5.92 Å². The molecule has 0 atom stereocenters. The maximum atomic E-state index is 12.6. The number of anilines is 2. The maximum Gasteiger partial charge on any atom is 0.257 e. The molecule has 3 N–H and O–H groups in total. The van der Waals surface area contributed by atoms with E-state index in [2.05, 4.69) is 36.3 Å². The van der Waals surface area contributed by atoms with Gasteiger partial charge in [-0.05, 0) is 60.6 Å². The lowest BCUT2D eigenvalue weighted by molar-refractivity contribution is -0.123. The SMILES string of the molecule is CC(C)CNC(=O)COc1cccc(CC(=O)Nc2ccc(CCCCc3nnc(NCC(=O)Cc4ccccc4)s3)nn2)c1. The molecule has 0 spiro atoms. The predicted octanol–water partition coefficient (Wildman–Crippen LogP) is 4.45. The minimum atomic E-state index is -0.227. The Morgan fingerprint density at radius 3 is 2.40 bits per heavy atom. The highest BCUT2D eigenvalue weighted by Gasteiger charge is 2.10. The van der Waals surface area contributed by atoms with Crippen LogP contribution in [0.5, 0.6) is 5.75 Å². The number of carbonyl (C=O) groups excluding carboxylic acids is 3. The Labute approximate surface area is 267 Å². The minimum Gasteiger partial charge on any atom is -0.484 e. The first-order valence-corrected chi connectivity index (χ1v) is 15.9. The predicted molar refractivity (Wildman–Crippen MR) is 174 cm³/mol. The number of ketones is 1. The summed E-state index contributed by atoms with van der Waals surface area (Å²) in [7, 11) is 0. The summed E-state index contributed by atoms with van der Waals surface area (Å²) in [5, 5.41) is 27.0. The summed E-state index contributed by atoms with van der Waals surface area (Å²) in [4.78, 5) is 36.7. The number of ether oxygens (including phenoxy) is 1. The second-order valence-corrected chi connectivity index (χ2v) is 12.1. The lowest BCUT2D eigenvalue weighted by Crippen LogP contribution is -2.31. The van der Waals surface area contributed by atoms with Crippen LogP contribution in [0, 0.1) is 5.92 Å². The Hall–Kier alpha value is -4.71. The molecule has 4 rings (SSSR count). The Kier molecular flexibility index (Phi) is 12.9. The van der Waals surface area contributed by atoms with E-state index in [-0.39, 0.29) is 37.2 Å². The maximum absolute atomic E-state index is 12.6. The van der Waals surface area contributed by atoms with E-state index in [4.69, 9.17) is 4.74 Å². The number of hydrogen-bond acceptors (Lipinski definition) is 10. The van der Waals surface area contributed by atoms with E-state index >= 15 is 0 Å². The summed E-state index contributed by atoms with van der Waals surface area (Å²) in [5.74, 6) is 0.963. The van der Waals surface area contributed by atoms with Crippen molar-refractivity contribution in [3.63, 3.8) is 0 Å². The number of aromatic nitrogens is 4. The van der Waals surface area contributed by atoms with Crippen molar-refractivity contribution in [2.45, 2.75) is 52.4 Å². The van der Waals surface area contributed by atoms with Crippen LogP contribution in [-0.4, -0.2) is 57.7 Å². The standard InChI is InChI=1S/C33H39N7O4S/c1-23(2)20-34-31(43)22-44-28-13-8-11-25(18-28)19-30(42)36-29-16-15-26(37-38-29)12-6-7-14-32-39-40-33(45-32)35-21-27(41)17-24-9-4-3-5-10-24/h3-5,8-11,13,15-16,18,23H,6-7,12,14,17,19-22H2,1-2H3,(H,34,43)(H,35,40)(H,36,38,42). The number of benzene rings is 2. The Morgan fingerprint density at radius 1 is 0.822 bits per heavy atom. The van der Waals surface area contributed by atoms with E-state index in [9.17, 15) is 14.4 Å². The van der Waals surface area contributed by atoms with Crippen LogP contribution in [0.15, 0.2) is 66.7 Å². The van der Waals surface area contributed by atoms with Crippen LogP contribution in [0.3, 0.4) is 0 Å². The zero-order valence-corrected chi connectivity index (χ0v) is 26.4. The van der Waals surface area contributed by atoms with Crippen LogP contribution in [-0.2, 0) is 40.1 Å². The zero-order chi connectivity index (χ0) is 31.9. The summed E-state index contributed by atoms with van der Waals surface area (Å²) < 4.78 is 5.57. The van der Waals surface area contributed by atoms with E-state index < -0.39 is 0 Å². The molecule has 0 saturated carbocycles. The lowest BCUT2D eigenvalue weighted by Gasteiger charge is -2.10. The molecule has 11 nitrogen and oxygen atoms in total. The molecule has 0 fully saturated rings. The molecule has 0 aliphatic carbocycles. The number of nitrogens with zero attached hydrogens (tertiary/aromatic N) is 4. The molecule has 0 unspecified atom stereocenters. The van der Waals surface area contributed by atoms with Gasteiger partial charge in [0.2, 0.25) is 11.0 Å². The molecule has 0 bridgehead atoms. The van der Waals surface area contributed by atoms with E-state index in [0.717, 1.165) is 47.5 Å². The fourth-order valence-electron chi connectivity index (χ4n) is 4.26. The summed E-state index contributed by atoms with van der Waals surface area (Å²) in [6.45, 7) is 4.79. The van der Waals surface area contributed by atoms with Gasteiger partial charge in [-0.25, -0.2) is 0 Å². The average Bonchev–Trinajstić information content (AvgIpc) is 3.49. The third-order valence-corrected chi connectivity index (χ3v) is 7.49. The highest BCUT2D eigenvalue weighted by atomic mass is 32.1. The first-order chi connectivity index (χ1) is 21.8. The summed E-state index contributed by atoms with van der Waals surface area (Å²) in [5.41, 5.74) is 2.59. The Morgan fingerprint density at radius 2 is 1.62 bits per heavy atom. The van der Waals surface area contributed by atoms with Crippen molar-refractivity contribution in [2.75, 3.05) is 30.3 Å². The average molecular weight is 630 g/mol. The fraction of sp³-hybridized carbons (Fsp3) is 0.364. The minimum absolute atomic E-state index is 0.0794. The van der Waals surface area contributed by atoms with Crippen molar-refractivity contribution in [3.05, 3.63) is 88.6 Å². The molecule has 0 aliphatic rings. The molecule has 4 aromatic rings. The van der Waals surface area contributed by atoms with Gasteiger partial charge in [-0.15, -0.1) is 15.3 Å². The quantitative estimate of drug-likeness (QED) is 0.136. The lowest BCUT2D eigenvalue weighted by atomic mass is 10.1. The van der Waals surface area contributed by atoms with E-state index in [1.165, 1.54) is 11.3 Å². The van der Waals surface area contributed by atoms with Crippen molar-refractivity contribution < 1.29 is 19.1 Å². The van der Waals surface area contributed by atoms with Crippen LogP contribution in [0.1, 0.15) is 48.5 Å². The first kappa shape index (κ1) is 33.2. The van der Waals surface area contributed by atoms with Gasteiger partial charge >= 0.3 is 0 Å². The second-order valence-electron chi connectivity index (χ2n) is 11.0. The molecule has 0 aliphatic heterocycles. The van der Waals surface area contributed by atoms with Gasteiger partial charge in [0.1, 0.15) is 10.8 Å². The second kappa shape index (κ2) is 17.6. The van der Waals surface area contributed by atoms with Crippen LogP contribution < -0.4 is 20.7 Å². The zero-order valence-electron chi connectivity index (χ0n) is 25.6. The number of carbonyl (C=O) groups is 3. The van der Waals surface area contributed by atoms with Gasteiger partial charge in [0.15, 0.2) is 18.2 Å². The summed E-state index contributed by atoms with van der Waals surface area (Å²) in [6, 6.07) is 20.4. The van der Waals surface area contributed by atoms with Crippen molar-refractivity contribution >= 4 is 39.9 Å². The molecule has 2 heterocycles. The van der Waals surface area contributed by atoms with Gasteiger partial charge in [0.25, 0.3) is 5.91 Å². The topological polar surface area (TPSA) is 148 Å². The molecule has 0 saturated heterocycles. The van der Waals surface area contributed by atoms with Crippen LogP contribution >= 0.6 is 11.3 Å². The van der Waals surface area contributed by atoms with Crippen LogP contribution in [0.4, 0.5) is 10.9 Å². The largest absolute Gasteiger partial charge is 0.484 e. The van der Waals surface area contributed by atoms with Crippen molar-refractivity contribution in [1.82, 2.24) is 25.7 Å². The number of rotatable bonds is 18. The number of Topliss-reactive ketones (excluding diaryl/α,β-unsaturated/α-hetero) is 1. The van der Waals surface area contributed by atoms with Gasteiger partial charge in [-0.2, -0.15) is 5.10 Å². The summed E-state index contributed by atoms with van der Waals surface area (Å²) >= 11 is 1.47. The molecule has 45 heavy (non-hydrogen) atoms.